The molecule has 0 aliphatic rings. The van der Waals surface area contributed by atoms with E-state index in [0.29, 0.717) is 17.0 Å². The lowest BCUT2D eigenvalue weighted by atomic mass is 10.1. The van der Waals surface area contributed by atoms with Crippen LogP contribution in [-0.2, 0) is 14.4 Å². The van der Waals surface area contributed by atoms with Crippen molar-refractivity contribution in [3.05, 3.63) is 78.1 Å². The van der Waals surface area contributed by atoms with Gasteiger partial charge in [-0.25, -0.2) is 14.2 Å². The van der Waals surface area contributed by atoms with E-state index in [1.165, 1.54) is 31.4 Å². The first-order chi connectivity index (χ1) is 17.1. The number of aromatic nitrogens is 2. The first kappa shape index (κ1) is 26.3. The molecule has 2 aromatic carbocycles. The molecule has 0 saturated carbocycles. The molecule has 8 nitrogen and oxygen atoms in total. The summed E-state index contributed by atoms with van der Waals surface area (Å²) in [7, 11) is 1.46. The third-order valence-corrected chi connectivity index (χ3v) is 4.64. The van der Waals surface area contributed by atoms with Crippen LogP contribution in [0, 0.1) is 12.7 Å². The number of carbonyl (C=O) groups excluding carboxylic acids is 2. The number of methoxy groups -OCH3 is 1. The van der Waals surface area contributed by atoms with Crippen molar-refractivity contribution >= 4 is 18.0 Å². The molecule has 3 aromatic rings. The van der Waals surface area contributed by atoms with Crippen LogP contribution in [0.2, 0.25) is 0 Å². The van der Waals surface area contributed by atoms with Crippen LogP contribution in [0.1, 0.15) is 11.3 Å². The maximum Gasteiger partial charge on any atom is 0.493 e. The van der Waals surface area contributed by atoms with Crippen LogP contribution in [0.25, 0.3) is 11.8 Å². The van der Waals surface area contributed by atoms with Crippen LogP contribution in [0.3, 0.4) is 0 Å². The van der Waals surface area contributed by atoms with Gasteiger partial charge in [-0.15, -0.1) is 0 Å². The van der Waals surface area contributed by atoms with Crippen LogP contribution < -0.4 is 9.47 Å². The Hall–Kier alpha value is -4.35. The number of halogens is 4. The van der Waals surface area contributed by atoms with Crippen LogP contribution in [-0.4, -0.2) is 52.9 Å². The fourth-order valence-electron chi connectivity index (χ4n) is 2.97. The lowest BCUT2D eigenvalue weighted by molar-refractivity contribution is -0.236. The predicted octanol–water partition coefficient (Wildman–Crippen LogP) is 4.27. The molecule has 1 heterocycles. The summed E-state index contributed by atoms with van der Waals surface area (Å²) in [5.41, 5.74) is 1.96. The number of nitrogens with zero attached hydrogens (tertiary/aromatic N) is 3. The molecule has 0 aliphatic heterocycles. The molecule has 0 aliphatic carbocycles. The van der Waals surface area contributed by atoms with Crippen LogP contribution in [0.4, 0.5) is 17.6 Å². The first-order valence-electron chi connectivity index (χ1n) is 10.4. The van der Waals surface area contributed by atoms with Crippen LogP contribution in [0.15, 0.2) is 61.1 Å². The van der Waals surface area contributed by atoms with Gasteiger partial charge in [-0.3, -0.25) is 4.79 Å². The van der Waals surface area contributed by atoms with Gasteiger partial charge in [-0.1, -0.05) is 12.1 Å². The van der Waals surface area contributed by atoms with Gasteiger partial charge in [0.1, 0.15) is 23.9 Å². The summed E-state index contributed by atoms with van der Waals surface area (Å²) in [6.45, 7) is 0.900. The summed E-state index contributed by atoms with van der Waals surface area (Å²) in [5.74, 6) is -3.68. The third kappa shape index (κ3) is 7.08. The van der Waals surface area contributed by atoms with Crippen molar-refractivity contribution in [2.45, 2.75) is 13.1 Å². The molecule has 0 atom stereocenters. The largest absolute Gasteiger partial charge is 0.495 e. The van der Waals surface area contributed by atoms with Gasteiger partial charge in [-0.05, 0) is 42.8 Å². The zero-order chi connectivity index (χ0) is 26.3. The molecule has 0 radical (unpaired) electrons. The van der Waals surface area contributed by atoms with Crippen molar-refractivity contribution in [2.24, 2.45) is 0 Å². The molecule has 0 bridgehead atoms. The molecule has 0 saturated heterocycles. The molecule has 0 fully saturated rings. The topological polar surface area (TPSA) is 82.9 Å². The van der Waals surface area contributed by atoms with E-state index in [0.717, 1.165) is 17.8 Å². The molecule has 1 amide bonds. The number of imidazole rings is 1. The lowest BCUT2D eigenvalue weighted by Crippen LogP contribution is -2.40. The zero-order valence-corrected chi connectivity index (χ0v) is 19.2. The van der Waals surface area contributed by atoms with Gasteiger partial charge >= 0.3 is 12.1 Å². The molecular weight excluding hydrogens is 486 g/mol. The van der Waals surface area contributed by atoms with Gasteiger partial charge in [0.25, 0.3) is 5.91 Å². The third-order valence-electron chi connectivity index (χ3n) is 4.64. The van der Waals surface area contributed by atoms with E-state index in [1.807, 2.05) is 6.92 Å². The van der Waals surface area contributed by atoms with Crippen LogP contribution in [0.5, 0.6) is 11.5 Å². The maximum atomic E-state index is 13.3. The van der Waals surface area contributed by atoms with Crippen molar-refractivity contribution in [1.82, 2.24) is 14.6 Å². The van der Waals surface area contributed by atoms with Gasteiger partial charge in [-0.2, -0.15) is 18.2 Å². The van der Waals surface area contributed by atoms with E-state index in [1.54, 1.807) is 35.3 Å². The monoisotopic (exact) mass is 507 g/mol. The SMILES string of the molecule is COc1cc(/C=C/C(=O)N(CCOc2cccc(F)c2)OC(=O)C(F)(F)F)ccc1-n1cnc(C)c1. The number of amides is 1. The van der Waals surface area contributed by atoms with E-state index in [2.05, 4.69) is 9.82 Å². The molecule has 190 valence electrons. The number of rotatable bonds is 8. The summed E-state index contributed by atoms with van der Waals surface area (Å²) < 4.78 is 63.7. The lowest BCUT2D eigenvalue weighted by Gasteiger charge is -2.20. The Labute approximate surface area is 203 Å². The Morgan fingerprint density at radius 1 is 1.17 bits per heavy atom. The summed E-state index contributed by atoms with van der Waals surface area (Å²) in [6.07, 6.45) is 0.318. The minimum Gasteiger partial charge on any atom is -0.495 e. The van der Waals surface area contributed by atoms with Gasteiger partial charge in [0.2, 0.25) is 0 Å². The number of hydrogen-bond donors (Lipinski definition) is 0. The smallest absolute Gasteiger partial charge is 0.493 e. The molecule has 12 heteroatoms. The highest BCUT2D eigenvalue weighted by atomic mass is 19.4. The average molecular weight is 507 g/mol. The Bertz CT molecular complexity index is 1260. The molecule has 1 aromatic heterocycles. The quantitative estimate of drug-likeness (QED) is 0.257. The minimum atomic E-state index is -5.32. The van der Waals surface area contributed by atoms with Crippen molar-refractivity contribution in [3.63, 3.8) is 0 Å². The van der Waals surface area contributed by atoms with E-state index >= 15 is 0 Å². The van der Waals surface area contributed by atoms with E-state index in [-0.39, 0.29) is 17.4 Å². The molecule has 0 spiro atoms. The second-order valence-electron chi connectivity index (χ2n) is 7.31. The highest BCUT2D eigenvalue weighted by molar-refractivity contribution is 5.92. The van der Waals surface area contributed by atoms with Crippen molar-refractivity contribution in [2.75, 3.05) is 20.3 Å². The fourth-order valence-corrected chi connectivity index (χ4v) is 2.97. The summed E-state index contributed by atoms with van der Waals surface area (Å²) in [4.78, 5) is 32.2. The molecule has 3 rings (SSSR count). The van der Waals surface area contributed by atoms with Gasteiger partial charge in [0.15, 0.2) is 0 Å². The van der Waals surface area contributed by atoms with E-state index in [9.17, 15) is 27.2 Å². The van der Waals surface area contributed by atoms with Crippen molar-refractivity contribution in [3.8, 4) is 17.2 Å². The molecule has 0 N–H and O–H groups in total. The zero-order valence-electron chi connectivity index (χ0n) is 19.2. The number of hydrogen-bond acceptors (Lipinski definition) is 6. The van der Waals surface area contributed by atoms with Gasteiger partial charge in [0.05, 0.1) is 31.4 Å². The number of alkyl halides is 3. The van der Waals surface area contributed by atoms with Crippen molar-refractivity contribution in [1.29, 1.82) is 0 Å². The number of ether oxygens (including phenoxy) is 2. The second kappa shape index (κ2) is 11.4. The Morgan fingerprint density at radius 2 is 1.94 bits per heavy atom. The minimum absolute atomic E-state index is 0.0837. The Kier molecular flexibility index (Phi) is 8.30. The second-order valence-corrected chi connectivity index (χ2v) is 7.31. The highest BCUT2D eigenvalue weighted by Gasteiger charge is 2.43. The summed E-state index contributed by atoms with van der Waals surface area (Å²) in [5, 5.41) is 0.214. The normalized spacial score (nSPS) is 11.4. The Morgan fingerprint density at radius 3 is 2.58 bits per heavy atom. The van der Waals surface area contributed by atoms with Crippen molar-refractivity contribution < 1.29 is 41.5 Å². The molecule has 0 unspecified atom stereocenters. The summed E-state index contributed by atoms with van der Waals surface area (Å²) >= 11 is 0. The Balaban J connectivity index is 1.73. The molecule has 36 heavy (non-hydrogen) atoms. The first-order valence-corrected chi connectivity index (χ1v) is 10.4. The van der Waals surface area contributed by atoms with Gasteiger partial charge < -0.3 is 18.9 Å². The molecular formula is C24H21F4N3O5. The number of carbonyl (C=O) groups is 2. The average Bonchev–Trinajstić information content (AvgIpc) is 3.27. The van der Waals surface area contributed by atoms with E-state index < -0.39 is 30.4 Å². The predicted molar refractivity (Wildman–Crippen MR) is 120 cm³/mol. The van der Waals surface area contributed by atoms with E-state index in [4.69, 9.17) is 9.47 Å². The number of hydroxylamine groups is 2. The van der Waals surface area contributed by atoms with Gasteiger partial charge in [0, 0.05) is 18.3 Å². The number of benzene rings is 2. The fraction of sp³-hybridized carbons (Fsp3) is 0.208. The maximum absolute atomic E-state index is 13.3. The number of aryl methyl sites for hydroxylation is 1. The van der Waals surface area contributed by atoms with Crippen LogP contribution >= 0.6 is 0 Å². The summed E-state index contributed by atoms with van der Waals surface area (Å²) in [6, 6.07) is 9.97. The standard InChI is InChI=1S/C24H21F4N3O5/c1-16-14-30(15-29-16)20-8-6-17(12-21(20)34-2)7-9-22(32)31(36-23(33)24(26,27)28)10-11-35-19-5-3-4-18(25)13-19/h3-9,12-15H,10-11H2,1-2H3/b9-7+. The highest BCUT2D eigenvalue weighted by Crippen LogP contribution is 2.25.